The van der Waals surface area contributed by atoms with Crippen LogP contribution in [0.15, 0.2) is 6.07 Å². The molecule has 1 heterocycles. The molecule has 112 valence electrons. The summed E-state index contributed by atoms with van der Waals surface area (Å²) in [5.74, 6) is 0.279. The van der Waals surface area contributed by atoms with Crippen molar-refractivity contribution in [3.05, 3.63) is 17.6 Å². The molecule has 0 radical (unpaired) electrons. The van der Waals surface area contributed by atoms with Crippen LogP contribution < -0.4 is 5.32 Å². The van der Waals surface area contributed by atoms with Gasteiger partial charge in [0, 0.05) is 17.8 Å². The molecule has 1 aromatic heterocycles. The SMILES string of the molecule is CCCCCCC(C)Nc1cc(C)nc(C(=O)OC)n1. The van der Waals surface area contributed by atoms with E-state index in [1.54, 1.807) is 0 Å². The number of aromatic nitrogens is 2. The Balaban J connectivity index is 2.58. The first-order chi connectivity index (χ1) is 9.56. The van der Waals surface area contributed by atoms with E-state index >= 15 is 0 Å². The molecule has 1 unspecified atom stereocenters. The molecule has 0 saturated heterocycles. The summed E-state index contributed by atoms with van der Waals surface area (Å²) in [4.78, 5) is 19.7. The molecule has 0 aromatic carbocycles. The van der Waals surface area contributed by atoms with E-state index in [2.05, 4.69) is 33.9 Å². The van der Waals surface area contributed by atoms with Gasteiger partial charge in [-0.05, 0) is 20.3 Å². The summed E-state index contributed by atoms with van der Waals surface area (Å²) in [5.41, 5.74) is 0.751. The maximum absolute atomic E-state index is 11.5. The molecule has 0 aliphatic rings. The number of ether oxygens (including phenoxy) is 1. The number of nitrogens with one attached hydrogen (secondary N) is 1. The number of methoxy groups -OCH3 is 1. The zero-order chi connectivity index (χ0) is 15.0. The fourth-order valence-electron chi connectivity index (χ4n) is 2.03. The van der Waals surface area contributed by atoms with Crippen molar-refractivity contribution in [1.29, 1.82) is 0 Å². The highest BCUT2D eigenvalue weighted by atomic mass is 16.5. The molecule has 0 aliphatic heterocycles. The second kappa shape index (κ2) is 8.51. The molecule has 0 aliphatic carbocycles. The summed E-state index contributed by atoms with van der Waals surface area (Å²) in [6, 6.07) is 2.17. The third kappa shape index (κ3) is 5.55. The second-order valence-corrected chi connectivity index (χ2v) is 5.10. The standard InChI is InChI=1S/C15H25N3O2/c1-5-6-7-8-9-11(2)16-13-10-12(3)17-14(18-13)15(19)20-4/h10-11H,5-9H2,1-4H3,(H,16,17,18). The minimum Gasteiger partial charge on any atom is -0.463 e. The molecule has 0 bridgehead atoms. The highest BCUT2D eigenvalue weighted by Crippen LogP contribution is 2.12. The molecule has 1 aromatic rings. The van der Waals surface area contributed by atoms with Crippen LogP contribution in [0.3, 0.4) is 0 Å². The zero-order valence-electron chi connectivity index (χ0n) is 12.9. The molecule has 5 nitrogen and oxygen atoms in total. The Kier molecular flexibility index (Phi) is 6.98. The van der Waals surface area contributed by atoms with Gasteiger partial charge in [0.1, 0.15) is 5.82 Å². The third-order valence-corrected chi connectivity index (χ3v) is 3.11. The lowest BCUT2D eigenvalue weighted by Gasteiger charge is -2.15. The summed E-state index contributed by atoms with van der Waals surface area (Å²) in [5, 5.41) is 3.32. The van der Waals surface area contributed by atoms with Crippen LogP contribution in [0.5, 0.6) is 0 Å². The Bertz CT molecular complexity index is 435. The number of nitrogens with zero attached hydrogens (tertiary/aromatic N) is 2. The molecule has 1 rings (SSSR count). The molecule has 0 fully saturated rings. The highest BCUT2D eigenvalue weighted by molar-refractivity contribution is 5.85. The number of hydrogen-bond acceptors (Lipinski definition) is 5. The fraction of sp³-hybridized carbons (Fsp3) is 0.667. The average Bonchev–Trinajstić information content (AvgIpc) is 2.42. The van der Waals surface area contributed by atoms with Crippen LogP contribution in [0.2, 0.25) is 0 Å². The molecule has 0 saturated carbocycles. The van der Waals surface area contributed by atoms with Gasteiger partial charge in [0.15, 0.2) is 0 Å². The highest BCUT2D eigenvalue weighted by Gasteiger charge is 2.12. The Labute approximate surface area is 121 Å². The van der Waals surface area contributed by atoms with Crippen molar-refractivity contribution in [2.24, 2.45) is 0 Å². The lowest BCUT2D eigenvalue weighted by atomic mass is 10.1. The Hall–Kier alpha value is -1.65. The number of rotatable bonds is 8. The summed E-state index contributed by atoms with van der Waals surface area (Å²) in [6.45, 7) is 6.17. The maximum atomic E-state index is 11.5. The molecule has 20 heavy (non-hydrogen) atoms. The van der Waals surface area contributed by atoms with Gasteiger partial charge in [0.25, 0.3) is 0 Å². The first kappa shape index (κ1) is 16.4. The molecular weight excluding hydrogens is 254 g/mol. The van der Waals surface area contributed by atoms with Crippen molar-refractivity contribution in [2.45, 2.75) is 58.9 Å². The van der Waals surface area contributed by atoms with E-state index in [1.165, 1.54) is 32.8 Å². The topological polar surface area (TPSA) is 64.1 Å². The summed E-state index contributed by atoms with van der Waals surface area (Å²) in [6.07, 6.45) is 6.09. The van der Waals surface area contributed by atoms with Gasteiger partial charge in [-0.3, -0.25) is 0 Å². The van der Waals surface area contributed by atoms with Gasteiger partial charge in [-0.15, -0.1) is 0 Å². The lowest BCUT2D eigenvalue weighted by Crippen LogP contribution is -2.18. The number of aryl methyl sites for hydroxylation is 1. The molecule has 1 atom stereocenters. The van der Waals surface area contributed by atoms with Crippen LogP contribution in [0, 0.1) is 6.92 Å². The molecule has 1 N–H and O–H groups in total. The quantitative estimate of drug-likeness (QED) is 0.584. The minimum absolute atomic E-state index is 0.105. The van der Waals surface area contributed by atoms with Crippen molar-refractivity contribution >= 4 is 11.8 Å². The molecule has 5 heteroatoms. The summed E-state index contributed by atoms with van der Waals surface area (Å²) in [7, 11) is 1.33. The first-order valence-corrected chi connectivity index (χ1v) is 7.27. The Morgan fingerprint density at radius 1 is 1.35 bits per heavy atom. The van der Waals surface area contributed by atoms with E-state index in [9.17, 15) is 4.79 Å². The van der Waals surface area contributed by atoms with Crippen LogP contribution in [-0.2, 0) is 4.74 Å². The number of carbonyl (C=O) groups excluding carboxylic acids is 1. The van der Waals surface area contributed by atoms with E-state index in [0.29, 0.717) is 11.9 Å². The van der Waals surface area contributed by atoms with E-state index < -0.39 is 5.97 Å². The smallest absolute Gasteiger partial charge is 0.376 e. The van der Waals surface area contributed by atoms with Crippen molar-refractivity contribution in [3.8, 4) is 0 Å². The summed E-state index contributed by atoms with van der Waals surface area (Å²) < 4.78 is 4.65. The van der Waals surface area contributed by atoms with E-state index in [4.69, 9.17) is 0 Å². The maximum Gasteiger partial charge on any atom is 0.376 e. The van der Waals surface area contributed by atoms with E-state index in [0.717, 1.165) is 12.1 Å². The van der Waals surface area contributed by atoms with Crippen molar-refractivity contribution in [1.82, 2.24) is 9.97 Å². The predicted molar refractivity (Wildman–Crippen MR) is 80.0 cm³/mol. The zero-order valence-corrected chi connectivity index (χ0v) is 12.9. The van der Waals surface area contributed by atoms with Gasteiger partial charge < -0.3 is 10.1 Å². The molecular formula is C15H25N3O2. The molecule has 0 amide bonds. The Morgan fingerprint density at radius 3 is 2.75 bits per heavy atom. The van der Waals surface area contributed by atoms with Crippen molar-refractivity contribution in [2.75, 3.05) is 12.4 Å². The van der Waals surface area contributed by atoms with Crippen LogP contribution in [0.1, 0.15) is 62.3 Å². The number of unbranched alkanes of at least 4 members (excludes halogenated alkanes) is 3. The predicted octanol–water partition coefficient (Wildman–Crippen LogP) is 3.34. The minimum atomic E-state index is -0.507. The largest absolute Gasteiger partial charge is 0.463 e. The number of esters is 1. The van der Waals surface area contributed by atoms with Gasteiger partial charge in [-0.25, -0.2) is 14.8 Å². The summed E-state index contributed by atoms with van der Waals surface area (Å²) >= 11 is 0. The monoisotopic (exact) mass is 279 g/mol. The van der Waals surface area contributed by atoms with Gasteiger partial charge >= 0.3 is 5.97 Å². The fourth-order valence-corrected chi connectivity index (χ4v) is 2.03. The van der Waals surface area contributed by atoms with Crippen molar-refractivity contribution < 1.29 is 9.53 Å². The normalized spacial score (nSPS) is 12.0. The molecule has 0 spiro atoms. The van der Waals surface area contributed by atoms with Crippen LogP contribution >= 0.6 is 0 Å². The van der Waals surface area contributed by atoms with Crippen LogP contribution in [-0.4, -0.2) is 29.1 Å². The Morgan fingerprint density at radius 2 is 2.10 bits per heavy atom. The van der Waals surface area contributed by atoms with Gasteiger partial charge in [0.2, 0.25) is 5.82 Å². The number of anilines is 1. The number of carbonyl (C=O) groups is 1. The van der Waals surface area contributed by atoms with E-state index in [-0.39, 0.29) is 5.82 Å². The third-order valence-electron chi connectivity index (χ3n) is 3.11. The van der Waals surface area contributed by atoms with Crippen molar-refractivity contribution in [3.63, 3.8) is 0 Å². The van der Waals surface area contributed by atoms with Crippen LogP contribution in [0.25, 0.3) is 0 Å². The van der Waals surface area contributed by atoms with Gasteiger partial charge in [-0.1, -0.05) is 32.6 Å². The lowest BCUT2D eigenvalue weighted by molar-refractivity contribution is 0.0586. The van der Waals surface area contributed by atoms with Crippen LogP contribution in [0.4, 0.5) is 5.82 Å². The number of hydrogen-bond donors (Lipinski definition) is 1. The first-order valence-electron chi connectivity index (χ1n) is 7.27. The second-order valence-electron chi connectivity index (χ2n) is 5.10. The van der Waals surface area contributed by atoms with Gasteiger partial charge in [0.05, 0.1) is 7.11 Å². The van der Waals surface area contributed by atoms with E-state index in [1.807, 2.05) is 13.0 Å². The van der Waals surface area contributed by atoms with Gasteiger partial charge in [-0.2, -0.15) is 0 Å². The average molecular weight is 279 g/mol.